The van der Waals surface area contributed by atoms with Gasteiger partial charge >= 0.3 is 0 Å². The van der Waals surface area contributed by atoms with Gasteiger partial charge in [-0.1, -0.05) is 45.4 Å². The van der Waals surface area contributed by atoms with Crippen molar-refractivity contribution >= 4 is 0 Å². The molecule has 3 atom stereocenters. The number of hydrogen-bond donors (Lipinski definition) is 0. The second-order valence-corrected chi connectivity index (χ2v) is 4.89. The largest absolute Gasteiger partial charge is 0.0651 e. The smallest absolute Gasteiger partial charge is 0.0383 e. The van der Waals surface area contributed by atoms with E-state index in [1.807, 2.05) is 0 Å². The Morgan fingerprint density at radius 3 is 2.42 bits per heavy atom. The van der Waals surface area contributed by atoms with Gasteiger partial charge in [-0.25, -0.2) is 0 Å². The summed E-state index contributed by atoms with van der Waals surface area (Å²) in [5.74, 6) is 3.36. The Balaban J connectivity index is 1.90. The van der Waals surface area contributed by atoms with Gasteiger partial charge in [0.25, 0.3) is 0 Å². The van der Waals surface area contributed by atoms with Crippen molar-refractivity contribution in [1.82, 2.24) is 0 Å². The van der Waals surface area contributed by atoms with E-state index in [1.54, 1.807) is 25.7 Å². The molecule has 0 aromatic rings. The van der Waals surface area contributed by atoms with Crippen LogP contribution in [0.15, 0.2) is 0 Å². The van der Waals surface area contributed by atoms with Crippen LogP contribution in [0.5, 0.6) is 0 Å². The van der Waals surface area contributed by atoms with Crippen molar-refractivity contribution in [3.63, 3.8) is 0 Å². The normalized spacial score (nSPS) is 42.2. The molecular weight excluding hydrogens is 144 g/mol. The molecule has 0 radical (unpaired) electrons. The first-order valence-electron chi connectivity index (χ1n) is 5.90. The Morgan fingerprint density at radius 1 is 0.917 bits per heavy atom. The van der Waals surface area contributed by atoms with Crippen molar-refractivity contribution in [2.75, 3.05) is 0 Å². The number of fused-ring (bicyclic) bond motifs is 1. The van der Waals surface area contributed by atoms with Gasteiger partial charge in [0.2, 0.25) is 0 Å². The highest BCUT2D eigenvalue weighted by molar-refractivity contribution is 4.82. The molecule has 0 aliphatic heterocycles. The molecule has 0 N–H and O–H groups in total. The van der Waals surface area contributed by atoms with Gasteiger partial charge in [-0.15, -0.1) is 0 Å². The standard InChI is InChI=1S/C12H22/c1-2-10-7-8-11-5-3-4-6-12(11)9-10/h10-12H,2-9H2,1H3/t10-,11+,12+/m1/s1. The lowest BCUT2D eigenvalue weighted by Crippen LogP contribution is -2.27. The maximum atomic E-state index is 2.37. The Morgan fingerprint density at radius 2 is 1.67 bits per heavy atom. The summed E-state index contributed by atoms with van der Waals surface area (Å²) in [4.78, 5) is 0. The summed E-state index contributed by atoms with van der Waals surface area (Å²) in [6, 6.07) is 0. The summed E-state index contributed by atoms with van der Waals surface area (Å²) in [6.07, 6.45) is 12.3. The first-order valence-corrected chi connectivity index (χ1v) is 5.90. The van der Waals surface area contributed by atoms with Gasteiger partial charge in [-0.2, -0.15) is 0 Å². The van der Waals surface area contributed by atoms with Crippen LogP contribution in [0.3, 0.4) is 0 Å². The van der Waals surface area contributed by atoms with Crippen molar-refractivity contribution in [2.45, 2.75) is 58.3 Å². The molecule has 0 heteroatoms. The Labute approximate surface area is 76.7 Å². The molecule has 2 fully saturated rings. The molecule has 0 aromatic carbocycles. The molecular formula is C12H22. The third-order valence-corrected chi connectivity index (χ3v) is 4.23. The molecule has 70 valence electrons. The van der Waals surface area contributed by atoms with E-state index >= 15 is 0 Å². The molecule has 2 saturated carbocycles. The number of rotatable bonds is 1. The van der Waals surface area contributed by atoms with Gasteiger partial charge < -0.3 is 0 Å². The van der Waals surface area contributed by atoms with Crippen LogP contribution >= 0.6 is 0 Å². The molecule has 0 bridgehead atoms. The molecule has 0 amide bonds. The molecule has 2 rings (SSSR count). The summed E-state index contributed by atoms with van der Waals surface area (Å²) < 4.78 is 0. The molecule has 2 aliphatic rings. The fourth-order valence-corrected chi connectivity index (χ4v) is 3.34. The van der Waals surface area contributed by atoms with E-state index in [2.05, 4.69) is 6.92 Å². The topological polar surface area (TPSA) is 0 Å². The third kappa shape index (κ3) is 1.67. The average molecular weight is 166 g/mol. The molecule has 12 heavy (non-hydrogen) atoms. The molecule has 2 aliphatic carbocycles. The van der Waals surface area contributed by atoms with E-state index in [4.69, 9.17) is 0 Å². The monoisotopic (exact) mass is 166 g/mol. The highest BCUT2D eigenvalue weighted by atomic mass is 14.4. The minimum absolute atomic E-state index is 1.09. The van der Waals surface area contributed by atoms with E-state index in [-0.39, 0.29) is 0 Å². The Kier molecular flexibility index (Phi) is 2.73. The molecule has 0 heterocycles. The van der Waals surface area contributed by atoms with Crippen LogP contribution in [-0.2, 0) is 0 Å². The van der Waals surface area contributed by atoms with Crippen LogP contribution < -0.4 is 0 Å². The fraction of sp³-hybridized carbons (Fsp3) is 1.00. The van der Waals surface area contributed by atoms with E-state index in [9.17, 15) is 0 Å². The van der Waals surface area contributed by atoms with Crippen molar-refractivity contribution in [3.8, 4) is 0 Å². The summed E-state index contributed by atoms with van der Waals surface area (Å²) >= 11 is 0. The van der Waals surface area contributed by atoms with Crippen LogP contribution in [0.1, 0.15) is 58.3 Å². The van der Waals surface area contributed by atoms with Crippen LogP contribution in [-0.4, -0.2) is 0 Å². The lowest BCUT2D eigenvalue weighted by atomic mass is 9.67. The summed E-state index contributed by atoms with van der Waals surface area (Å²) in [7, 11) is 0. The summed E-state index contributed by atoms with van der Waals surface area (Å²) in [5, 5.41) is 0. The second kappa shape index (κ2) is 3.81. The van der Waals surface area contributed by atoms with Crippen molar-refractivity contribution in [1.29, 1.82) is 0 Å². The van der Waals surface area contributed by atoms with Gasteiger partial charge in [0.05, 0.1) is 0 Å². The van der Waals surface area contributed by atoms with Gasteiger partial charge in [-0.05, 0) is 30.6 Å². The zero-order valence-electron chi connectivity index (χ0n) is 8.39. The second-order valence-electron chi connectivity index (χ2n) is 4.89. The highest BCUT2D eigenvalue weighted by Gasteiger charge is 2.30. The van der Waals surface area contributed by atoms with E-state index in [1.165, 1.54) is 25.7 Å². The van der Waals surface area contributed by atoms with E-state index in [0.717, 1.165) is 17.8 Å². The maximum Gasteiger partial charge on any atom is -0.0383 e. The van der Waals surface area contributed by atoms with Crippen LogP contribution in [0, 0.1) is 17.8 Å². The number of hydrogen-bond acceptors (Lipinski definition) is 0. The quantitative estimate of drug-likeness (QED) is 0.552. The lowest BCUT2D eigenvalue weighted by molar-refractivity contribution is 0.128. The van der Waals surface area contributed by atoms with Crippen molar-refractivity contribution in [3.05, 3.63) is 0 Å². The molecule has 0 aromatic heterocycles. The minimum atomic E-state index is 1.09. The highest BCUT2D eigenvalue weighted by Crippen LogP contribution is 2.43. The first kappa shape index (κ1) is 8.59. The first-order chi connectivity index (χ1) is 5.90. The Bertz CT molecular complexity index is 139. The van der Waals surface area contributed by atoms with Crippen LogP contribution in [0.25, 0.3) is 0 Å². The zero-order valence-corrected chi connectivity index (χ0v) is 8.39. The van der Waals surface area contributed by atoms with Gasteiger partial charge in [-0.3, -0.25) is 0 Å². The summed E-state index contributed by atoms with van der Waals surface area (Å²) in [5.41, 5.74) is 0. The lowest BCUT2D eigenvalue weighted by Gasteiger charge is -2.39. The van der Waals surface area contributed by atoms with Gasteiger partial charge in [0.1, 0.15) is 0 Å². The van der Waals surface area contributed by atoms with Gasteiger partial charge in [0.15, 0.2) is 0 Å². The SMILES string of the molecule is CC[C@@H]1CC[C@@H]2CCCC[C@H]2C1. The predicted molar refractivity (Wildman–Crippen MR) is 53.1 cm³/mol. The Hall–Kier alpha value is 0. The minimum Gasteiger partial charge on any atom is -0.0651 e. The fourth-order valence-electron chi connectivity index (χ4n) is 3.34. The average Bonchev–Trinajstić information content (AvgIpc) is 2.17. The summed E-state index contributed by atoms with van der Waals surface area (Å²) in [6.45, 7) is 2.37. The predicted octanol–water partition coefficient (Wildman–Crippen LogP) is 4.00. The molecule has 0 unspecified atom stereocenters. The molecule has 0 nitrogen and oxygen atoms in total. The maximum absolute atomic E-state index is 2.37. The third-order valence-electron chi connectivity index (χ3n) is 4.23. The molecule has 0 saturated heterocycles. The van der Waals surface area contributed by atoms with E-state index in [0.29, 0.717) is 0 Å². The van der Waals surface area contributed by atoms with Crippen LogP contribution in [0.2, 0.25) is 0 Å². The van der Waals surface area contributed by atoms with Gasteiger partial charge in [0, 0.05) is 0 Å². The van der Waals surface area contributed by atoms with Crippen molar-refractivity contribution < 1.29 is 0 Å². The zero-order chi connectivity index (χ0) is 8.39. The van der Waals surface area contributed by atoms with Crippen molar-refractivity contribution in [2.24, 2.45) is 17.8 Å². The van der Waals surface area contributed by atoms with E-state index < -0.39 is 0 Å². The molecule has 0 spiro atoms. The van der Waals surface area contributed by atoms with Crippen LogP contribution in [0.4, 0.5) is 0 Å².